The van der Waals surface area contributed by atoms with Gasteiger partial charge >= 0.3 is 0 Å². The highest BCUT2D eigenvalue weighted by atomic mass is 32.2. The summed E-state index contributed by atoms with van der Waals surface area (Å²) >= 11 is 0. The van der Waals surface area contributed by atoms with Gasteiger partial charge in [-0.2, -0.15) is 5.10 Å². The maximum Gasteiger partial charge on any atom is 0.200 e. The standard InChI is InChI=1S/C11H17N4O2S.CH3/c1-15(2,3)8-6-5-7-14-10(8)9(12)11(13-14)18(4,16)17;/h5-7H,12H2,1-4H3;1H3/q+1;-1. The Balaban J connectivity index is 0.00000180. The first kappa shape index (κ1) is 15.5. The number of nitrogens with two attached hydrogens (primary N) is 1. The second kappa shape index (κ2) is 4.50. The maximum absolute atomic E-state index is 11.6. The van der Waals surface area contributed by atoms with Crippen LogP contribution in [0.15, 0.2) is 23.4 Å². The first-order valence-corrected chi connectivity index (χ1v) is 7.30. The van der Waals surface area contributed by atoms with Gasteiger partial charge in [-0.25, -0.2) is 12.9 Å². The molecule has 6 nitrogen and oxygen atoms in total. The number of nitrogens with zero attached hydrogens (tertiary/aromatic N) is 3. The van der Waals surface area contributed by atoms with E-state index in [-0.39, 0.29) is 18.1 Å². The summed E-state index contributed by atoms with van der Waals surface area (Å²) in [6.45, 7) is 0. The Morgan fingerprint density at radius 1 is 1.32 bits per heavy atom. The lowest BCUT2D eigenvalue weighted by molar-refractivity contribution is 0.488. The number of hydrogen-bond donors (Lipinski definition) is 1. The molecule has 0 radical (unpaired) electrons. The third-order valence-electron chi connectivity index (χ3n) is 2.71. The van der Waals surface area contributed by atoms with Gasteiger partial charge in [-0.05, 0) is 6.07 Å². The summed E-state index contributed by atoms with van der Waals surface area (Å²) in [6.07, 6.45) is 2.80. The van der Waals surface area contributed by atoms with Crippen LogP contribution in [0.25, 0.3) is 5.52 Å². The lowest BCUT2D eigenvalue weighted by Crippen LogP contribution is -2.35. The van der Waals surface area contributed by atoms with E-state index in [0.717, 1.165) is 11.9 Å². The molecular formula is C12H20N4O2S. The van der Waals surface area contributed by atoms with Gasteiger partial charge in [-0.15, -0.1) is 0 Å². The summed E-state index contributed by atoms with van der Waals surface area (Å²) in [7, 11) is 2.54. The molecule has 0 atom stereocenters. The Kier molecular flexibility index (Phi) is 3.66. The van der Waals surface area contributed by atoms with E-state index in [0.29, 0.717) is 10.00 Å². The molecule has 2 aromatic heterocycles. The minimum absolute atomic E-state index is 0. The Bertz CT molecular complexity index is 711. The highest BCUT2D eigenvalue weighted by molar-refractivity contribution is 7.90. The molecule has 2 aromatic rings. The minimum atomic E-state index is -3.42. The summed E-state index contributed by atoms with van der Waals surface area (Å²) in [5, 5.41) is 3.99. The van der Waals surface area contributed by atoms with Gasteiger partial charge in [0.2, 0.25) is 5.03 Å². The predicted molar refractivity (Wildman–Crippen MR) is 78.7 cm³/mol. The molecule has 2 rings (SSSR count). The SMILES string of the molecule is C[N+](C)(C)c1cccn2nc(S(C)(=O)=O)c(N)c12.[CH3-]. The lowest BCUT2D eigenvalue weighted by atomic mass is 10.2. The fourth-order valence-corrected chi connectivity index (χ4v) is 2.63. The third-order valence-corrected chi connectivity index (χ3v) is 3.72. The highest BCUT2D eigenvalue weighted by Gasteiger charge is 2.25. The number of quaternary nitrogens is 1. The number of anilines is 1. The molecule has 0 bridgehead atoms. The van der Waals surface area contributed by atoms with E-state index in [4.69, 9.17) is 5.73 Å². The van der Waals surface area contributed by atoms with Crippen molar-refractivity contribution >= 4 is 26.7 Å². The number of aromatic nitrogens is 2. The summed E-state index contributed by atoms with van der Waals surface area (Å²) in [5.74, 6) is 0. The van der Waals surface area contributed by atoms with Crippen molar-refractivity contribution in [1.29, 1.82) is 0 Å². The first-order valence-electron chi connectivity index (χ1n) is 5.41. The number of sulfone groups is 1. The van der Waals surface area contributed by atoms with Gasteiger partial charge in [0.05, 0.1) is 21.1 Å². The average Bonchev–Trinajstić information content (AvgIpc) is 2.54. The molecule has 0 fully saturated rings. The van der Waals surface area contributed by atoms with Crippen molar-refractivity contribution in [2.45, 2.75) is 5.03 Å². The predicted octanol–water partition coefficient (Wildman–Crippen LogP) is 0.967. The zero-order valence-corrected chi connectivity index (χ0v) is 12.7. The largest absolute Gasteiger partial charge is 0.394 e. The number of nitrogen functional groups attached to an aromatic ring is 1. The van der Waals surface area contributed by atoms with Crippen LogP contribution in [0, 0.1) is 7.43 Å². The van der Waals surface area contributed by atoms with E-state index >= 15 is 0 Å². The Hall–Kier alpha value is -1.60. The number of rotatable bonds is 2. The monoisotopic (exact) mass is 284 g/mol. The Morgan fingerprint density at radius 3 is 2.37 bits per heavy atom. The van der Waals surface area contributed by atoms with E-state index in [1.165, 1.54) is 4.52 Å². The van der Waals surface area contributed by atoms with Crippen LogP contribution in [-0.4, -0.2) is 45.4 Å². The van der Waals surface area contributed by atoms with Crippen LogP contribution < -0.4 is 10.2 Å². The molecule has 0 spiro atoms. The molecule has 0 aromatic carbocycles. The lowest BCUT2D eigenvalue weighted by Gasteiger charge is -2.24. The van der Waals surface area contributed by atoms with Gasteiger partial charge < -0.3 is 13.2 Å². The Morgan fingerprint density at radius 2 is 1.89 bits per heavy atom. The van der Waals surface area contributed by atoms with E-state index in [1.807, 2.05) is 33.3 Å². The summed E-state index contributed by atoms with van der Waals surface area (Å²) < 4.78 is 25.3. The number of fused-ring (bicyclic) bond motifs is 1. The zero-order chi connectivity index (χ0) is 13.7. The topological polar surface area (TPSA) is 77.5 Å². The molecule has 19 heavy (non-hydrogen) atoms. The number of hydrogen-bond acceptors (Lipinski definition) is 4. The molecule has 0 aliphatic heterocycles. The molecule has 2 N–H and O–H groups in total. The normalized spacial score (nSPS) is 12.4. The summed E-state index contributed by atoms with van der Waals surface area (Å²) in [5.41, 5.74) is 7.72. The van der Waals surface area contributed by atoms with Crippen molar-refractivity contribution in [3.05, 3.63) is 25.8 Å². The summed E-state index contributed by atoms with van der Waals surface area (Å²) in [4.78, 5) is 0. The van der Waals surface area contributed by atoms with E-state index < -0.39 is 9.84 Å². The van der Waals surface area contributed by atoms with Crippen LogP contribution in [0.3, 0.4) is 0 Å². The second-order valence-electron chi connectivity index (χ2n) is 5.19. The molecule has 0 saturated heterocycles. The fourth-order valence-electron chi connectivity index (χ4n) is 1.90. The van der Waals surface area contributed by atoms with Crippen molar-refractivity contribution in [2.75, 3.05) is 33.1 Å². The van der Waals surface area contributed by atoms with Gasteiger partial charge in [0.15, 0.2) is 21.0 Å². The smallest absolute Gasteiger partial charge is 0.200 e. The maximum atomic E-state index is 11.6. The van der Waals surface area contributed by atoms with Gasteiger partial charge in [-0.3, -0.25) is 4.48 Å². The fraction of sp³-hybridized carbons (Fsp3) is 0.333. The molecule has 0 saturated carbocycles. The van der Waals surface area contributed by atoms with Gasteiger partial charge in [0.25, 0.3) is 0 Å². The van der Waals surface area contributed by atoms with Gasteiger partial charge in [-0.1, -0.05) is 0 Å². The van der Waals surface area contributed by atoms with Crippen molar-refractivity contribution in [3.63, 3.8) is 0 Å². The molecule has 106 valence electrons. The first-order chi connectivity index (χ1) is 8.12. The van der Waals surface area contributed by atoms with E-state index in [2.05, 4.69) is 5.10 Å². The number of pyridine rings is 1. The van der Waals surface area contributed by atoms with E-state index in [9.17, 15) is 8.42 Å². The van der Waals surface area contributed by atoms with Crippen LogP contribution >= 0.6 is 0 Å². The highest BCUT2D eigenvalue weighted by Crippen LogP contribution is 2.31. The molecular weight excluding hydrogens is 264 g/mol. The van der Waals surface area contributed by atoms with E-state index in [1.54, 1.807) is 6.20 Å². The van der Waals surface area contributed by atoms with Crippen LogP contribution in [-0.2, 0) is 9.84 Å². The Labute approximate surface area is 114 Å². The van der Waals surface area contributed by atoms with Crippen molar-refractivity contribution in [2.24, 2.45) is 0 Å². The third kappa shape index (κ3) is 2.57. The van der Waals surface area contributed by atoms with Crippen LogP contribution in [0.5, 0.6) is 0 Å². The van der Waals surface area contributed by atoms with Crippen LogP contribution in [0.2, 0.25) is 0 Å². The van der Waals surface area contributed by atoms with Crippen molar-refractivity contribution in [3.8, 4) is 0 Å². The summed E-state index contributed by atoms with van der Waals surface area (Å²) in [6, 6.07) is 3.74. The molecule has 7 heteroatoms. The van der Waals surface area contributed by atoms with Crippen molar-refractivity contribution in [1.82, 2.24) is 14.1 Å². The molecule has 2 heterocycles. The molecule has 0 aliphatic carbocycles. The quantitative estimate of drug-likeness (QED) is 0.658. The van der Waals surface area contributed by atoms with Crippen LogP contribution in [0.1, 0.15) is 0 Å². The molecule has 0 amide bonds. The van der Waals surface area contributed by atoms with Gasteiger partial charge in [0, 0.05) is 18.5 Å². The molecule has 0 aliphatic rings. The molecule has 0 unspecified atom stereocenters. The average molecular weight is 284 g/mol. The van der Waals surface area contributed by atoms with Gasteiger partial charge in [0.1, 0.15) is 5.69 Å². The minimum Gasteiger partial charge on any atom is -0.394 e. The van der Waals surface area contributed by atoms with Crippen molar-refractivity contribution < 1.29 is 8.42 Å². The second-order valence-corrected chi connectivity index (χ2v) is 7.12. The van der Waals surface area contributed by atoms with Crippen LogP contribution in [0.4, 0.5) is 11.4 Å². The zero-order valence-electron chi connectivity index (χ0n) is 11.9.